The molecule has 0 amide bonds. The van der Waals surface area contributed by atoms with E-state index >= 15 is 0 Å². The molecule has 0 bridgehead atoms. The lowest BCUT2D eigenvalue weighted by molar-refractivity contribution is 0.0523. The molecule has 4 heteroatoms. The molecule has 1 heterocycles. The van der Waals surface area contributed by atoms with Crippen LogP contribution in [0.5, 0.6) is 5.75 Å². The molecule has 1 saturated carbocycles. The van der Waals surface area contributed by atoms with E-state index in [1.807, 2.05) is 0 Å². The highest BCUT2D eigenvalue weighted by atomic mass is 16.5. The molecule has 1 aliphatic carbocycles. The molecule has 3 atom stereocenters. The predicted molar refractivity (Wildman–Crippen MR) is 102 cm³/mol. The minimum Gasteiger partial charge on any atom is -0.492 e. The molecule has 4 nitrogen and oxygen atoms in total. The van der Waals surface area contributed by atoms with Crippen molar-refractivity contribution in [3.63, 3.8) is 0 Å². The summed E-state index contributed by atoms with van der Waals surface area (Å²) in [6.45, 7) is 11.0. The third-order valence-electron chi connectivity index (χ3n) is 5.53. The SMILES string of the molecule is CC(C)(C)c1ccc(OCCNC2CCCC2C2COCCN2)cc1. The van der Waals surface area contributed by atoms with Crippen molar-refractivity contribution >= 4 is 0 Å². The van der Waals surface area contributed by atoms with E-state index in [-0.39, 0.29) is 5.41 Å². The second kappa shape index (κ2) is 8.52. The number of nitrogens with one attached hydrogen (secondary N) is 2. The van der Waals surface area contributed by atoms with Crippen LogP contribution in [0.4, 0.5) is 0 Å². The Morgan fingerprint density at radius 2 is 2.00 bits per heavy atom. The van der Waals surface area contributed by atoms with Crippen LogP contribution in [0.1, 0.15) is 45.6 Å². The number of ether oxygens (including phenoxy) is 2. The third kappa shape index (κ3) is 5.19. The van der Waals surface area contributed by atoms with E-state index < -0.39 is 0 Å². The number of morpholine rings is 1. The van der Waals surface area contributed by atoms with Gasteiger partial charge in [-0.05, 0) is 41.9 Å². The fourth-order valence-corrected chi connectivity index (χ4v) is 4.05. The summed E-state index contributed by atoms with van der Waals surface area (Å²) in [6, 6.07) is 9.62. The van der Waals surface area contributed by atoms with Gasteiger partial charge in [-0.2, -0.15) is 0 Å². The summed E-state index contributed by atoms with van der Waals surface area (Å²) in [6.07, 6.45) is 3.88. The predicted octanol–water partition coefficient (Wildman–Crippen LogP) is 3.11. The Morgan fingerprint density at radius 3 is 2.68 bits per heavy atom. The van der Waals surface area contributed by atoms with Crippen LogP contribution in [0.25, 0.3) is 0 Å². The maximum absolute atomic E-state index is 5.91. The molecule has 25 heavy (non-hydrogen) atoms. The summed E-state index contributed by atoms with van der Waals surface area (Å²) in [7, 11) is 0. The first-order valence-electron chi connectivity index (χ1n) is 9.82. The summed E-state index contributed by atoms with van der Waals surface area (Å²) >= 11 is 0. The molecule has 2 fully saturated rings. The highest BCUT2D eigenvalue weighted by Crippen LogP contribution is 2.29. The fraction of sp³-hybridized carbons (Fsp3) is 0.714. The van der Waals surface area contributed by atoms with E-state index in [4.69, 9.17) is 9.47 Å². The van der Waals surface area contributed by atoms with E-state index in [1.54, 1.807) is 0 Å². The van der Waals surface area contributed by atoms with Crippen molar-refractivity contribution in [1.82, 2.24) is 10.6 Å². The van der Waals surface area contributed by atoms with Crippen LogP contribution in [0.3, 0.4) is 0 Å². The number of hydrogen-bond acceptors (Lipinski definition) is 4. The van der Waals surface area contributed by atoms with E-state index in [1.165, 1.54) is 24.8 Å². The van der Waals surface area contributed by atoms with Gasteiger partial charge in [0.1, 0.15) is 12.4 Å². The van der Waals surface area contributed by atoms with Gasteiger partial charge in [-0.1, -0.05) is 39.3 Å². The second-order valence-corrected chi connectivity index (χ2v) is 8.41. The Morgan fingerprint density at radius 1 is 1.20 bits per heavy atom. The van der Waals surface area contributed by atoms with Gasteiger partial charge in [0, 0.05) is 25.2 Å². The number of hydrogen-bond donors (Lipinski definition) is 2. The lowest BCUT2D eigenvalue weighted by Gasteiger charge is -2.33. The third-order valence-corrected chi connectivity index (χ3v) is 5.53. The van der Waals surface area contributed by atoms with Crippen LogP contribution in [0.2, 0.25) is 0 Å². The van der Waals surface area contributed by atoms with Crippen molar-refractivity contribution in [3.8, 4) is 5.75 Å². The Labute approximate surface area is 152 Å². The molecule has 2 aliphatic rings. The highest BCUT2D eigenvalue weighted by molar-refractivity contribution is 5.31. The first kappa shape index (κ1) is 18.7. The summed E-state index contributed by atoms with van der Waals surface area (Å²) in [5.74, 6) is 1.64. The zero-order valence-electron chi connectivity index (χ0n) is 16.0. The average molecular weight is 347 g/mol. The van der Waals surface area contributed by atoms with E-state index in [0.717, 1.165) is 32.1 Å². The molecule has 3 unspecified atom stereocenters. The molecule has 0 radical (unpaired) electrons. The lowest BCUT2D eigenvalue weighted by atomic mass is 9.87. The van der Waals surface area contributed by atoms with Gasteiger partial charge in [0.05, 0.1) is 13.2 Å². The molecule has 140 valence electrons. The zero-order valence-corrected chi connectivity index (χ0v) is 16.0. The topological polar surface area (TPSA) is 42.5 Å². The summed E-state index contributed by atoms with van der Waals surface area (Å²) < 4.78 is 11.6. The van der Waals surface area contributed by atoms with Gasteiger partial charge in [-0.3, -0.25) is 0 Å². The smallest absolute Gasteiger partial charge is 0.119 e. The minimum atomic E-state index is 0.189. The number of benzene rings is 1. The molecule has 1 aromatic rings. The zero-order chi connectivity index (χ0) is 17.7. The molecule has 1 aliphatic heterocycles. The van der Waals surface area contributed by atoms with Crippen LogP contribution in [0, 0.1) is 5.92 Å². The fourth-order valence-electron chi connectivity index (χ4n) is 4.05. The lowest BCUT2D eigenvalue weighted by Crippen LogP contribution is -2.51. The maximum atomic E-state index is 5.91. The van der Waals surface area contributed by atoms with Crippen molar-refractivity contribution in [2.45, 2.75) is 57.5 Å². The van der Waals surface area contributed by atoms with Gasteiger partial charge in [-0.25, -0.2) is 0 Å². The largest absolute Gasteiger partial charge is 0.492 e. The molecular weight excluding hydrogens is 312 g/mol. The monoisotopic (exact) mass is 346 g/mol. The van der Waals surface area contributed by atoms with Crippen LogP contribution < -0.4 is 15.4 Å². The first-order valence-corrected chi connectivity index (χ1v) is 9.82. The summed E-state index contributed by atoms with van der Waals surface area (Å²) in [4.78, 5) is 0. The molecule has 1 saturated heterocycles. The van der Waals surface area contributed by atoms with Gasteiger partial charge in [0.25, 0.3) is 0 Å². The van der Waals surface area contributed by atoms with E-state index in [0.29, 0.717) is 24.6 Å². The summed E-state index contributed by atoms with van der Waals surface area (Å²) in [5.41, 5.74) is 1.53. The molecule has 1 aromatic carbocycles. The van der Waals surface area contributed by atoms with Crippen LogP contribution >= 0.6 is 0 Å². The van der Waals surface area contributed by atoms with Crippen LogP contribution in [0.15, 0.2) is 24.3 Å². The quantitative estimate of drug-likeness (QED) is 0.777. The highest BCUT2D eigenvalue weighted by Gasteiger charge is 2.34. The van der Waals surface area contributed by atoms with Crippen LogP contribution in [-0.4, -0.2) is 45.0 Å². The van der Waals surface area contributed by atoms with Crippen molar-refractivity contribution in [1.29, 1.82) is 0 Å². The molecule has 3 rings (SSSR count). The van der Waals surface area contributed by atoms with Gasteiger partial charge >= 0.3 is 0 Å². The van der Waals surface area contributed by atoms with Gasteiger partial charge in [0.2, 0.25) is 0 Å². The molecular formula is C21H34N2O2. The Kier molecular flexibility index (Phi) is 6.37. The molecule has 0 spiro atoms. The molecule has 2 N–H and O–H groups in total. The van der Waals surface area contributed by atoms with Crippen LogP contribution in [-0.2, 0) is 10.2 Å². The summed E-state index contributed by atoms with van der Waals surface area (Å²) in [5, 5.41) is 7.34. The second-order valence-electron chi connectivity index (χ2n) is 8.41. The van der Waals surface area contributed by atoms with Gasteiger partial charge in [-0.15, -0.1) is 0 Å². The average Bonchev–Trinajstić information content (AvgIpc) is 3.08. The maximum Gasteiger partial charge on any atom is 0.119 e. The minimum absolute atomic E-state index is 0.189. The standard InChI is InChI=1S/C21H34N2O2/c1-21(2,3)16-7-9-17(10-8-16)25-14-12-22-19-6-4-5-18(19)20-15-24-13-11-23-20/h7-10,18-20,22-23H,4-6,11-15H2,1-3H3. The first-order chi connectivity index (χ1) is 12.0. The normalized spacial score (nSPS) is 27.4. The van der Waals surface area contributed by atoms with Gasteiger partial charge < -0.3 is 20.1 Å². The Bertz CT molecular complexity index is 518. The van der Waals surface area contributed by atoms with E-state index in [9.17, 15) is 0 Å². The van der Waals surface area contributed by atoms with Crippen molar-refractivity contribution in [2.75, 3.05) is 32.9 Å². The van der Waals surface area contributed by atoms with E-state index in [2.05, 4.69) is 55.7 Å². The Hall–Kier alpha value is -1.10. The number of rotatable bonds is 6. The van der Waals surface area contributed by atoms with Crippen molar-refractivity contribution < 1.29 is 9.47 Å². The van der Waals surface area contributed by atoms with Gasteiger partial charge in [0.15, 0.2) is 0 Å². The van der Waals surface area contributed by atoms with Crippen molar-refractivity contribution in [2.24, 2.45) is 5.92 Å². The van der Waals surface area contributed by atoms with Crippen molar-refractivity contribution in [3.05, 3.63) is 29.8 Å². The molecule has 0 aromatic heterocycles. The Balaban J connectivity index is 1.40.